The second-order valence-corrected chi connectivity index (χ2v) is 11.6. The van der Waals surface area contributed by atoms with Gasteiger partial charge in [0.05, 0.1) is 41.2 Å². The quantitative estimate of drug-likeness (QED) is 0.181. The molecule has 4 aromatic rings. The molecule has 1 unspecified atom stereocenters. The minimum atomic E-state index is -4.61. The van der Waals surface area contributed by atoms with Gasteiger partial charge in [-0.1, -0.05) is 42.5 Å². The molecule has 0 fully saturated rings. The van der Waals surface area contributed by atoms with Crippen LogP contribution in [0, 0.1) is 11.3 Å². The van der Waals surface area contributed by atoms with Gasteiger partial charge in [0.1, 0.15) is 11.4 Å². The first-order chi connectivity index (χ1) is 20.5. The molecule has 0 N–H and O–H groups in total. The van der Waals surface area contributed by atoms with E-state index in [1.807, 2.05) is 49.3 Å². The number of hydrazone groups is 1. The van der Waals surface area contributed by atoms with Gasteiger partial charge in [0.25, 0.3) is 0 Å². The monoisotopic (exact) mass is 603 g/mol. The Morgan fingerprint density at radius 1 is 0.977 bits per heavy atom. The highest BCUT2D eigenvalue weighted by molar-refractivity contribution is 7.90. The lowest BCUT2D eigenvalue weighted by atomic mass is 9.90. The first-order valence-corrected chi connectivity index (χ1v) is 14.5. The molecule has 3 aromatic carbocycles. The molecular weight excluding hydrogens is 577 g/mol. The molecule has 218 valence electrons. The fourth-order valence-electron chi connectivity index (χ4n) is 4.60. The van der Waals surface area contributed by atoms with Crippen molar-refractivity contribution >= 4 is 27.4 Å². The van der Waals surface area contributed by atoms with Crippen molar-refractivity contribution < 1.29 is 26.2 Å². The van der Waals surface area contributed by atoms with E-state index in [1.54, 1.807) is 48.8 Å². The normalized spacial score (nSPS) is 15.6. The van der Waals surface area contributed by atoms with E-state index in [9.17, 15) is 26.9 Å². The van der Waals surface area contributed by atoms with Crippen LogP contribution < -0.4 is 9.47 Å². The minimum Gasteiger partial charge on any atom is -0.377 e. The number of nitrogens with zero attached hydrogens (tertiary/aromatic N) is 6. The lowest BCUT2D eigenvalue weighted by Crippen LogP contribution is -2.51. The zero-order valence-electron chi connectivity index (χ0n) is 23.1. The summed E-state index contributed by atoms with van der Waals surface area (Å²) in [7, 11) is -0.737. The summed E-state index contributed by atoms with van der Waals surface area (Å²) in [5.74, 6) is -0.343. The number of aromatic nitrogens is 1. The van der Waals surface area contributed by atoms with E-state index in [0.717, 1.165) is 28.9 Å². The molecule has 0 bridgehead atoms. The number of rotatable bonds is 5. The lowest BCUT2D eigenvalue weighted by molar-refractivity contribution is -0.565. The molecule has 0 radical (unpaired) electrons. The summed E-state index contributed by atoms with van der Waals surface area (Å²) >= 11 is 0. The molecular formula is C31H26F3N6O2S+. The summed E-state index contributed by atoms with van der Waals surface area (Å²) in [4.78, 5) is 1.49. The molecule has 1 aromatic heterocycles. The van der Waals surface area contributed by atoms with Crippen molar-refractivity contribution in [3.8, 4) is 6.07 Å². The fourth-order valence-corrected chi connectivity index (χ4v) is 5.59. The fraction of sp³-hybridized carbons (Fsp3) is 0.161. The predicted octanol–water partition coefficient (Wildman–Crippen LogP) is 5.03. The van der Waals surface area contributed by atoms with Gasteiger partial charge in [0, 0.05) is 24.2 Å². The van der Waals surface area contributed by atoms with E-state index >= 15 is 0 Å². The van der Waals surface area contributed by atoms with Gasteiger partial charge in [0.15, 0.2) is 0 Å². The summed E-state index contributed by atoms with van der Waals surface area (Å²) < 4.78 is 71.9. The average Bonchev–Trinajstić information content (AvgIpc) is 3.45. The SMILES string of the molecule is CN(C)c1cc[n+](C(=NS(=O)(=O)c2ccc(C(F)(F)F)cc2)N2CC(c3ccccc3)C(c3ccc(C#N)cc3)=N2)cc1. The number of hydrogen-bond acceptors (Lipinski definition) is 5. The molecule has 1 aliphatic rings. The highest BCUT2D eigenvalue weighted by atomic mass is 32.2. The summed E-state index contributed by atoms with van der Waals surface area (Å²) in [6.45, 7) is 0.225. The van der Waals surface area contributed by atoms with Gasteiger partial charge >= 0.3 is 22.2 Å². The minimum absolute atomic E-state index is 0.0604. The second-order valence-electron chi connectivity index (χ2n) is 9.97. The van der Waals surface area contributed by atoms with Crippen LogP contribution >= 0.6 is 0 Å². The average molecular weight is 604 g/mol. The van der Waals surface area contributed by atoms with E-state index < -0.39 is 26.7 Å². The number of pyridine rings is 1. The first-order valence-electron chi connectivity index (χ1n) is 13.1. The Labute approximate surface area is 247 Å². The molecule has 0 amide bonds. The lowest BCUT2D eigenvalue weighted by Gasteiger charge is -2.15. The van der Waals surface area contributed by atoms with Crippen LogP contribution in [0.1, 0.15) is 28.2 Å². The van der Waals surface area contributed by atoms with Crippen LogP contribution in [0.5, 0.6) is 0 Å². The third kappa shape index (κ3) is 6.42. The molecule has 1 atom stereocenters. The van der Waals surface area contributed by atoms with Crippen molar-refractivity contribution in [2.75, 3.05) is 25.5 Å². The number of sulfonamides is 1. The largest absolute Gasteiger partial charge is 0.434 e. The van der Waals surface area contributed by atoms with E-state index in [2.05, 4.69) is 10.5 Å². The molecule has 0 aliphatic carbocycles. The number of alkyl halides is 3. The van der Waals surface area contributed by atoms with Crippen LogP contribution in [0.15, 0.2) is 118 Å². The van der Waals surface area contributed by atoms with Gasteiger partial charge in [-0.25, -0.2) is 4.57 Å². The summed E-state index contributed by atoms with van der Waals surface area (Å²) in [5.41, 5.74) is 2.69. The molecule has 0 spiro atoms. The van der Waals surface area contributed by atoms with E-state index in [0.29, 0.717) is 23.4 Å². The zero-order chi connectivity index (χ0) is 30.8. The van der Waals surface area contributed by atoms with Gasteiger partial charge in [-0.15, -0.1) is 10.1 Å². The predicted molar refractivity (Wildman–Crippen MR) is 156 cm³/mol. The van der Waals surface area contributed by atoms with E-state index in [1.165, 1.54) is 9.58 Å². The number of halogens is 3. The Kier molecular flexibility index (Phi) is 8.02. The van der Waals surface area contributed by atoms with E-state index in [4.69, 9.17) is 5.10 Å². The molecule has 12 heteroatoms. The van der Waals surface area contributed by atoms with Crippen LogP contribution in [0.2, 0.25) is 0 Å². The van der Waals surface area contributed by atoms with Crippen molar-refractivity contribution in [1.29, 1.82) is 5.26 Å². The molecule has 8 nitrogen and oxygen atoms in total. The smallest absolute Gasteiger partial charge is 0.377 e. The highest BCUT2D eigenvalue weighted by Crippen LogP contribution is 2.31. The molecule has 0 saturated carbocycles. The second kappa shape index (κ2) is 11.7. The van der Waals surface area contributed by atoms with Crippen LogP contribution in [0.25, 0.3) is 0 Å². The molecule has 5 rings (SSSR count). The van der Waals surface area contributed by atoms with Gasteiger partial charge < -0.3 is 4.90 Å². The third-order valence-corrected chi connectivity index (χ3v) is 8.17. The highest BCUT2D eigenvalue weighted by Gasteiger charge is 2.39. The summed E-state index contributed by atoms with van der Waals surface area (Å²) in [5, 5.41) is 15.5. The topological polar surface area (TPSA) is 93.0 Å². The number of anilines is 1. The van der Waals surface area contributed by atoms with Crippen LogP contribution in [-0.2, 0) is 16.2 Å². The summed E-state index contributed by atoms with van der Waals surface area (Å²) in [6.07, 6.45) is -1.33. The van der Waals surface area contributed by atoms with Gasteiger partial charge in [0.2, 0.25) is 0 Å². The molecule has 0 saturated heterocycles. The zero-order valence-corrected chi connectivity index (χ0v) is 24.0. The number of hydrogen-bond donors (Lipinski definition) is 0. The third-order valence-electron chi connectivity index (χ3n) is 6.90. The van der Waals surface area contributed by atoms with Crippen LogP contribution in [0.3, 0.4) is 0 Å². The maximum absolute atomic E-state index is 13.5. The maximum atomic E-state index is 13.5. The van der Waals surface area contributed by atoms with Gasteiger partial charge in [-0.2, -0.15) is 26.9 Å². The van der Waals surface area contributed by atoms with Crippen molar-refractivity contribution in [1.82, 2.24) is 5.01 Å². The molecule has 1 aliphatic heterocycles. The Bertz CT molecular complexity index is 1810. The Balaban J connectivity index is 1.63. The maximum Gasteiger partial charge on any atom is 0.434 e. The van der Waals surface area contributed by atoms with Crippen molar-refractivity contribution in [3.63, 3.8) is 0 Å². The Morgan fingerprint density at radius 2 is 1.60 bits per heavy atom. The standard InChI is InChI=1S/C31H26F3N6O2S/c1-38(2)26-16-18-39(19-17-26)30(37-43(41,42)27-14-12-25(13-15-27)31(32,33)34)40-21-28(23-6-4-3-5-7-23)29(36-40)24-10-8-22(20-35)9-11-24/h3-19,28H,21H2,1-2H3/q+1. The molecule has 43 heavy (non-hydrogen) atoms. The van der Waals surface area contributed by atoms with E-state index in [-0.39, 0.29) is 18.4 Å². The summed E-state index contributed by atoms with van der Waals surface area (Å²) in [6, 6.07) is 25.4. The number of benzene rings is 3. The van der Waals surface area contributed by atoms with Crippen molar-refractivity contribution in [3.05, 3.63) is 126 Å². The van der Waals surface area contributed by atoms with Gasteiger partial charge in [-0.3, -0.25) is 0 Å². The first kappa shape index (κ1) is 29.5. The molecule has 2 heterocycles. The van der Waals surface area contributed by atoms with Crippen LogP contribution in [0.4, 0.5) is 18.9 Å². The number of nitriles is 1. The Hall–Kier alpha value is -5.02. The van der Waals surface area contributed by atoms with Crippen molar-refractivity contribution in [2.45, 2.75) is 17.0 Å². The van der Waals surface area contributed by atoms with Crippen LogP contribution in [-0.4, -0.2) is 45.7 Å². The van der Waals surface area contributed by atoms with Gasteiger partial charge in [-0.05, 0) is 59.7 Å². The Morgan fingerprint density at radius 3 is 2.16 bits per heavy atom. The van der Waals surface area contributed by atoms with Crippen molar-refractivity contribution in [2.24, 2.45) is 9.50 Å².